The fourth-order valence-electron chi connectivity index (χ4n) is 0.732. The van der Waals surface area contributed by atoms with Gasteiger partial charge in [0.25, 0.3) is 0 Å². The molecule has 0 bridgehead atoms. The summed E-state index contributed by atoms with van der Waals surface area (Å²) in [5.74, 6) is -1.46. The average Bonchev–Trinajstić information content (AvgIpc) is 1.94. The van der Waals surface area contributed by atoms with E-state index in [1.807, 2.05) is 0 Å². The topological polar surface area (TPSA) is 55.4 Å². The van der Waals surface area contributed by atoms with Crippen LogP contribution >= 0.6 is 22.9 Å². The van der Waals surface area contributed by atoms with Crippen LogP contribution in [-0.4, -0.2) is 18.0 Å². The summed E-state index contributed by atoms with van der Waals surface area (Å²) in [7, 11) is 0. The van der Waals surface area contributed by atoms with Crippen molar-refractivity contribution in [1.29, 1.82) is 0 Å². The maximum atomic E-state index is 10.7. The summed E-state index contributed by atoms with van der Waals surface area (Å²) in [5, 5.41) is 0. The molecular formula is C6H8INO3. The molecule has 1 rings (SSSR count). The second-order valence-corrected chi connectivity index (χ2v) is 2.92. The van der Waals surface area contributed by atoms with E-state index >= 15 is 0 Å². The Labute approximate surface area is 78.2 Å². The number of carbonyl (C=O) groups is 2. The van der Waals surface area contributed by atoms with Crippen molar-refractivity contribution in [3.8, 4) is 0 Å². The average molecular weight is 269 g/mol. The maximum Gasteiger partial charge on any atom is 0.397 e. The molecule has 0 aromatic carbocycles. The molecule has 1 aliphatic rings. The van der Waals surface area contributed by atoms with Gasteiger partial charge in [-0.1, -0.05) is 0 Å². The van der Waals surface area contributed by atoms with Crippen molar-refractivity contribution in [3.63, 3.8) is 0 Å². The number of hydrogen-bond acceptors (Lipinski definition) is 3. The zero-order chi connectivity index (χ0) is 8.27. The number of carbonyl (C=O) groups excluding carboxylic acids is 2. The highest BCUT2D eigenvalue weighted by molar-refractivity contribution is 14.1. The van der Waals surface area contributed by atoms with Crippen molar-refractivity contribution in [2.75, 3.05) is 0 Å². The smallest absolute Gasteiger partial charge is 0.397 e. The summed E-state index contributed by atoms with van der Waals surface area (Å²) in [6, 6.07) is 0. The highest BCUT2D eigenvalue weighted by Gasteiger charge is 2.24. The molecule has 4 nitrogen and oxygen atoms in total. The second kappa shape index (κ2) is 3.89. The van der Waals surface area contributed by atoms with Crippen molar-refractivity contribution in [2.24, 2.45) is 0 Å². The van der Waals surface area contributed by atoms with Crippen molar-refractivity contribution < 1.29 is 14.3 Å². The minimum absolute atomic E-state index is 0.0174. The van der Waals surface area contributed by atoms with Crippen molar-refractivity contribution >= 4 is 34.7 Å². The van der Waals surface area contributed by atoms with Gasteiger partial charge in [-0.3, -0.25) is 8.32 Å². The molecule has 0 aromatic heterocycles. The lowest BCUT2D eigenvalue weighted by Crippen LogP contribution is -2.32. The van der Waals surface area contributed by atoms with Gasteiger partial charge in [0.1, 0.15) is 6.10 Å². The van der Waals surface area contributed by atoms with E-state index in [-0.39, 0.29) is 6.10 Å². The number of amides is 1. The molecular weight excluding hydrogens is 261 g/mol. The monoisotopic (exact) mass is 269 g/mol. The van der Waals surface area contributed by atoms with Gasteiger partial charge in [-0.25, -0.2) is 4.79 Å². The standard InChI is InChI=1S/C6H8INO3/c7-8-5(9)6(10)11-4-2-1-3-4/h4H,1-3H2,(H,8,9). The lowest BCUT2D eigenvalue weighted by Gasteiger charge is -2.24. The Balaban J connectivity index is 2.24. The quantitative estimate of drug-likeness (QED) is 0.327. The molecule has 1 amide bonds. The third-order valence-corrected chi connectivity index (χ3v) is 2.09. The number of hydrogen-bond donors (Lipinski definition) is 1. The normalized spacial score (nSPS) is 16.8. The van der Waals surface area contributed by atoms with Crippen LogP contribution in [0.25, 0.3) is 0 Å². The van der Waals surface area contributed by atoms with Crippen LogP contribution in [0.3, 0.4) is 0 Å². The summed E-state index contributed by atoms with van der Waals surface area (Å²) < 4.78 is 6.96. The first-order valence-corrected chi connectivity index (χ1v) is 4.43. The van der Waals surface area contributed by atoms with Gasteiger partial charge < -0.3 is 4.74 Å². The molecule has 0 aliphatic heterocycles. The maximum absolute atomic E-state index is 10.7. The minimum Gasteiger partial charge on any atom is -0.455 e. The summed E-state index contributed by atoms with van der Waals surface area (Å²) in [6.45, 7) is 0. The number of nitrogens with one attached hydrogen (secondary N) is 1. The predicted molar refractivity (Wildman–Crippen MR) is 45.9 cm³/mol. The molecule has 0 unspecified atom stereocenters. The van der Waals surface area contributed by atoms with E-state index < -0.39 is 11.9 Å². The predicted octanol–water partition coefficient (Wildman–Crippen LogP) is 0.548. The van der Waals surface area contributed by atoms with E-state index in [2.05, 4.69) is 3.53 Å². The van der Waals surface area contributed by atoms with Gasteiger partial charge in [0, 0.05) is 0 Å². The Bertz CT molecular complexity index is 179. The molecule has 0 aromatic rings. The second-order valence-electron chi connectivity index (χ2n) is 2.38. The Kier molecular flexibility index (Phi) is 3.10. The number of esters is 1. The van der Waals surface area contributed by atoms with E-state index in [4.69, 9.17) is 4.74 Å². The van der Waals surface area contributed by atoms with E-state index in [1.165, 1.54) is 0 Å². The van der Waals surface area contributed by atoms with E-state index in [9.17, 15) is 9.59 Å². The van der Waals surface area contributed by atoms with Crippen LogP contribution in [0.4, 0.5) is 0 Å². The van der Waals surface area contributed by atoms with Gasteiger partial charge in [0.05, 0.1) is 22.9 Å². The molecule has 1 N–H and O–H groups in total. The van der Waals surface area contributed by atoms with Gasteiger partial charge in [-0.2, -0.15) is 0 Å². The molecule has 0 heterocycles. The summed E-state index contributed by atoms with van der Waals surface area (Å²) in [6.07, 6.45) is 2.85. The number of rotatable bonds is 1. The first-order valence-electron chi connectivity index (χ1n) is 3.35. The van der Waals surface area contributed by atoms with E-state index in [1.54, 1.807) is 22.9 Å². The Hall–Kier alpha value is -0.330. The fourth-order valence-corrected chi connectivity index (χ4v) is 0.952. The van der Waals surface area contributed by atoms with Crippen LogP contribution in [0.15, 0.2) is 0 Å². The number of halogens is 1. The van der Waals surface area contributed by atoms with Crippen molar-refractivity contribution in [3.05, 3.63) is 0 Å². The zero-order valence-corrected chi connectivity index (χ0v) is 7.96. The molecule has 11 heavy (non-hydrogen) atoms. The lowest BCUT2D eigenvalue weighted by atomic mass is 9.96. The molecule has 0 saturated heterocycles. The third kappa shape index (κ3) is 2.32. The van der Waals surface area contributed by atoms with Gasteiger partial charge in [0.15, 0.2) is 0 Å². The Morgan fingerprint density at radius 3 is 2.45 bits per heavy atom. The first-order chi connectivity index (χ1) is 5.24. The Morgan fingerprint density at radius 2 is 2.09 bits per heavy atom. The summed E-state index contributed by atoms with van der Waals surface area (Å²) >= 11 is 1.61. The summed E-state index contributed by atoms with van der Waals surface area (Å²) in [4.78, 5) is 21.3. The summed E-state index contributed by atoms with van der Waals surface area (Å²) in [5.41, 5.74) is 0. The largest absolute Gasteiger partial charge is 0.455 e. The van der Waals surface area contributed by atoms with Crippen LogP contribution in [0.2, 0.25) is 0 Å². The minimum atomic E-state index is -0.774. The molecule has 5 heteroatoms. The van der Waals surface area contributed by atoms with Crippen molar-refractivity contribution in [2.45, 2.75) is 25.4 Å². The van der Waals surface area contributed by atoms with E-state index in [0.717, 1.165) is 19.3 Å². The van der Waals surface area contributed by atoms with Gasteiger partial charge in [-0.05, 0) is 19.3 Å². The molecule has 0 atom stereocenters. The molecule has 0 spiro atoms. The van der Waals surface area contributed by atoms with Gasteiger partial charge >= 0.3 is 11.9 Å². The van der Waals surface area contributed by atoms with Crippen LogP contribution in [0.1, 0.15) is 19.3 Å². The van der Waals surface area contributed by atoms with Crippen LogP contribution in [-0.2, 0) is 14.3 Å². The SMILES string of the molecule is O=C(NI)C(=O)OC1CCC1. The van der Waals surface area contributed by atoms with Gasteiger partial charge in [-0.15, -0.1) is 0 Å². The molecule has 1 aliphatic carbocycles. The molecule has 0 radical (unpaired) electrons. The molecule has 62 valence electrons. The van der Waals surface area contributed by atoms with Crippen LogP contribution < -0.4 is 3.53 Å². The third-order valence-electron chi connectivity index (χ3n) is 1.60. The zero-order valence-electron chi connectivity index (χ0n) is 5.80. The highest BCUT2D eigenvalue weighted by atomic mass is 127. The fraction of sp³-hybridized carbons (Fsp3) is 0.667. The lowest BCUT2D eigenvalue weighted by molar-refractivity contribution is -0.160. The van der Waals surface area contributed by atoms with Crippen molar-refractivity contribution in [1.82, 2.24) is 3.53 Å². The molecule has 1 fully saturated rings. The van der Waals surface area contributed by atoms with E-state index in [0.29, 0.717) is 0 Å². The first kappa shape index (κ1) is 8.76. The molecule has 1 saturated carbocycles. The highest BCUT2D eigenvalue weighted by Crippen LogP contribution is 2.21. The van der Waals surface area contributed by atoms with Crippen LogP contribution in [0.5, 0.6) is 0 Å². The number of ether oxygens (including phenoxy) is 1. The van der Waals surface area contributed by atoms with Gasteiger partial charge in [0.2, 0.25) is 0 Å². The Morgan fingerprint density at radius 1 is 1.45 bits per heavy atom. The van der Waals surface area contributed by atoms with Crippen LogP contribution in [0, 0.1) is 0 Å².